The zero-order valence-electron chi connectivity index (χ0n) is 29.5. The second-order valence-electron chi connectivity index (χ2n) is 14.8. The number of aromatic nitrogens is 2. The van der Waals surface area contributed by atoms with Gasteiger partial charge >= 0.3 is 0 Å². The molecule has 4 heterocycles. The molecule has 1 saturated carbocycles. The quantitative estimate of drug-likeness (QED) is 0.0835. The van der Waals surface area contributed by atoms with Gasteiger partial charge in [0.2, 0.25) is 23.6 Å². The fourth-order valence-electron chi connectivity index (χ4n) is 9.54. The number of thiophene rings is 1. The van der Waals surface area contributed by atoms with Gasteiger partial charge in [-0.25, -0.2) is 9.29 Å². The Hall–Kier alpha value is -5.73. The fraction of sp³-hybridized carbons (Fsp3) is 0.275. The summed E-state index contributed by atoms with van der Waals surface area (Å²) in [6.07, 6.45) is 1.95. The number of phenols is 1. The van der Waals surface area contributed by atoms with Crippen molar-refractivity contribution in [3.05, 3.63) is 110 Å². The second kappa shape index (κ2) is 12.1. The number of aryl methyl sites for hydroxylation is 2. The van der Waals surface area contributed by atoms with Gasteiger partial charge in [0, 0.05) is 46.5 Å². The highest BCUT2D eigenvalue weighted by molar-refractivity contribution is 7.22. The third-order valence-electron chi connectivity index (χ3n) is 12.1. The largest absolute Gasteiger partial charge is 0.505 e. The number of aromatic hydroxyl groups is 1. The van der Waals surface area contributed by atoms with Gasteiger partial charge in [0.15, 0.2) is 11.6 Å². The Morgan fingerprint density at radius 2 is 1.75 bits per heavy atom. The predicted molar refractivity (Wildman–Crippen MR) is 202 cm³/mol. The number of hydrogen-bond donors (Lipinski definition) is 1. The van der Waals surface area contributed by atoms with Gasteiger partial charge in [-0.2, -0.15) is 5.10 Å². The number of nitro groups is 1. The van der Waals surface area contributed by atoms with Crippen molar-refractivity contribution in [2.45, 2.75) is 32.6 Å². The SMILES string of the molecule is Cc1c(-c2cc(N3C(=O)C4CC5C(=CCC6C(=O)N(c7ccc([N+](=O)[O-])cc7)C(=O)C65)C(c5cccc(F)c5O)C4(C)C3=O)n(C)n2)sc2ccc(Cl)cc12. The highest BCUT2D eigenvalue weighted by Gasteiger charge is 2.68. The maximum Gasteiger partial charge on any atom is 0.269 e. The third kappa shape index (κ3) is 4.83. The minimum absolute atomic E-state index is 0.0329. The molecule has 2 aliphatic heterocycles. The predicted octanol–water partition coefficient (Wildman–Crippen LogP) is 7.45. The summed E-state index contributed by atoms with van der Waals surface area (Å²) in [6, 6.07) is 16.5. The van der Waals surface area contributed by atoms with Crippen LogP contribution in [0.2, 0.25) is 5.02 Å². The van der Waals surface area contributed by atoms with E-state index in [2.05, 4.69) is 0 Å². The van der Waals surface area contributed by atoms with Gasteiger partial charge in [-0.1, -0.05) is 35.4 Å². The smallest absolute Gasteiger partial charge is 0.269 e. The lowest BCUT2D eigenvalue weighted by molar-refractivity contribution is -0.384. The molecule has 2 aliphatic carbocycles. The molecular formula is C40H31ClFN5O7S. The lowest BCUT2D eigenvalue weighted by atomic mass is 9.51. The number of amides is 4. The first-order valence-corrected chi connectivity index (χ1v) is 18.8. The standard InChI is InChI=1S/C40H31ClFN5O7S/c1-18-25-15-19(41)7-14-30(25)55-35(18)29-17-31(44(3)43-29)46-37(50)27-16-26-22(33(40(27,2)39(46)52)24-5-4-6-28(42)34(24)48)12-13-23-32(26)38(51)45(36(23)49)20-8-10-21(11-9-20)47(53)54/h4-12,14-15,17,23,26-27,32-33,48H,13,16H2,1-3H3. The molecule has 6 unspecified atom stereocenters. The lowest BCUT2D eigenvalue weighted by Crippen LogP contribution is -2.49. The molecule has 15 heteroatoms. The number of para-hydroxylation sites is 1. The maximum absolute atomic E-state index is 15.1. The van der Waals surface area contributed by atoms with Crippen molar-refractivity contribution in [3.63, 3.8) is 0 Å². The summed E-state index contributed by atoms with van der Waals surface area (Å²) >= 11 is 7.79. The van der Waals surface area contributed by atoms with Gasteiger partial charge < -0.3 is 5.11 Å². The summed E-state index contributed by atoms with van der Waals surface area (Å²) in [4.78, 5) is 71.7. The Bertz CT molecular complexity index is 2600. The molecule has 2 aromatic heterocycles. The lowest BCUT2D eigenvalue weighted by Gasteiger charge is -2.49. The molecule has 3 fully saturated rings. The number of nitro benzene ring substituents is 1. The van der Waals surface area contributed by atoms with Crippen LogP contribution in [-0.4, -0.2) is 43.4 Å². The summed E-state index contributed by atoms with van der Waals surface area (Å²) < 4.78 is 17.6. The number of halogens is 2. The Balaban J connectivity index is 1.14. The van der Waals surface area contributed by atoms with E-state index in [0.29, 0.717) is 16.3 Å². The van der Waals surface area contributed by atoms with Crippen LogP contribution in [0.25, 0.3) is 20.7 Å². The number of phenolic OH excluding ortho intramolecular Hbond substituents is 1. The molecule has 12 nitrogen and oxygen atoms in total. The molecule has 0 radical (unpaired) electrons. The highest BCUT2D eigenvalue weighted by atomic mass is 35.5. The Morgan fingerprint density at radius 3 is 2.47 bits per heavy atom. The van der Waals surface area contributed by atoms with Crippen molar-refractivity contribution in [1.82, 2.24) is 9.78 Å². The second-order valence-corrected chi connectivity index (χ2v) is 16.3. The van der Waals surface area contributed by atoms with Gasteiger partial charge in [0.1, 0.15) is 11.5 Å². The third-order valence-corrected chi connectivity index (χ3v) is 13.7. The summed E-state index contributed by atoms with van der Waals surface area (Å²) in [5.41, 5.74) is 0.604. The molecular weight excluding hydrogens is 749 g/mol. The average Bonchev–Trinajstić information content (AvgIpc) is 3.83. The van der Waals surface area contributed by atoms with Gasteiger partial charge in [-0.05, 0) is 80.0 Å². The van der Waals surface area contributed by atoms with Gasteiger partial charge in [-0.3, -0.25) is 38.9 Å². The van der Waals surface area contributed by atoms with E-state index in [1.165, 1.54) is 52.4 Å². The van der Waals surface area contributed by atoms with E-state index in [1.54, 1.807) is 26.1 Å². The molecule has 2 saturated heterocycles. The van der Waals surface area contributed by atoms with E-state index in [9.17, 15) is 34.4 Å². The number of benzene rings is 3. The van der Waals surface area contributed by atoms with E-state index < -0.39 is 75.1 Å². The zero-order valence-corrected chi connectivity index (χ0v) is 31.1. The number of nitrogens with zero attached hydrogens (tertiary/aromatic N) is 5. The maximum atomic E-state index is 15.1. The molecule has 4 aliphatic rings. The number of allylic oxidation sites excluding steroid dienone is 2. The van der Waals surface area contributed by atoms with Gasteiger partial charge in [0.25, 0.3) is 5.69 Å². The Morgan fingerprint density at radius 1 is 1.00 bits per heavy atom. The van der Waals surface area contributed by atoms with Crippen LogP contribution in [0, 0.1) is 51.9 Å². The topological polar surface area (TPSA) is 156 Å². The average molecular weight is 780 g/mol. The summed E-state index contributed by atoms with van der Waals surface area (Å²) in [7, 11) is 1.64. The van der Waals surface area contributed by atoms with Crippen LogP contribution in [0.1, 0.15) is 36.8 Å². The number of rotatable bonds is 5. The number of carbonyl (C=O) groups is 4. The minimum atomic E-state index is -1.53. The van der Waals surface area contributed by atoms with Crippen molar-refractivity contribution in [2.75, 3.05) is 9.80 Å². The van der Waals surface area contributed by atoms with Crippen LogP contribution >= 0.6 is 22.9 Å². The van der Waals surface area contributed by atoms with E-state index in [1.807, 2.05) is 25.1 Å². The number of hydrogen-bond acceptors (Lipinski definition) is 9. The number of anilines is 2. The molecule has 4 amide bonds. The molecule has 6 atom stereocenters. The molecule has 0 spiro atoms. The Labute approximate surface area is 321 Å². The molecule has 9 rings (SSSR count). The summed E-state index contributed by atoms with van der Waals surface area (Å²) in [6.45, 7) is 3.61. The summed E-state index contributed by atoms with van der Waals surface area (Å²) in [5.74, 6) is -7.98. The molecule has 55 heavy (non-hydrogen) atoms. The highest BCUT2D eigenvalue weighted by Crippen LogP contribution is 2.64. The monoisotopic (exact) mass is 779 g/mol. The van der Waals surface area contributed by atoms with Gasteiger partial charge in [-0.15, -0.1) is 11.3 Å². The van der Waals surface area contributed by atoms with Crippen molar-refractivity contribution in [2.24, 2.45) is 36.1 Å². The van der Waals surface area contributed by atoms with E-state index >= 15 is 4.39 Å². The molecule has 1 N–H and O–H groups in total. The number of fused-ring (bicyclic) bond motifs is 5. The molecule has 3 aromatic carbocycles. The minimum Gasteiger partial charge on any atom is -0.505 e. The first kappa shape index (κ1) is 35.0. The van der Waals surface area contributed by atoms with E-state index in [4.69, 9.17) is 16.7 Å². The fourth-order valence-corrected chi connectivity index (χ4v) is 10.9. The van der Waals surface area contributed by atoms with Crippen molar-refractivity contribution in [3.8, 4) is 16.3 Å². The first-order chi connectivity index (χ1) is 26.2. The summed E-state index contributed by atoms with van der Waals surface area (Å²) in [5, 5.41) is 28.8. The number of imide groups is 2. The van der Waals surface area contributed by atoms with Crippen LogP contribution in [0.3, 0.4) is 0 Å². The van der Waals surface area contributed by atoms with Crippen LogP contribution < -0.4 is 9.80 Å². The Kier molecular flexibility index (Phi) is 7.72. The van der Waals surface area contributed by atoms with Crippen LogP contribution in [0.5, 0.6) is 5.75 Å². The first-order valence-electron chi connectivity index (χ1n) is 17.6. The van der Waals surface area contributed by atoms with Crippen molar-refractivity contribution < 1.29 is 33.6 Å². The zero-order chi connectivity index (χ0) is 38.8. The van der Waals surface area contributed by atoms with Crippen LogP contribution in [-0.2, 0) is 26.2 Å². The van der Waals surface area contributed by atoms with Crippen molar-refractivity contribution in [1.29, 1.82) is 0 Å². The van der Waals surface area contributed by atoms with Crippen molar-refractivity contribution >= 4 is 73.8 Å². The molecule has 5 aromatic rings. The van der Waals surface area contributed by atoms with Crippen LogP contribution in [0.4, 0.5) is 21.6 Å². The van der Waals surface area contributed by atoms with E-state index in [0.717, 1.165) is 36.4 Å². The van der Waals surface area contributed by atoms with Gasteiger partial charge in [0.05, 0.1) is 38.7 Å². The molecule has 278 valence electrons. The molecule has 0 bridgehead atoms. The number of non-ortho nitro benzene ring substituents is 1. The normalized spacial score (nSPS) is 26.1. The number of carbonyl (C=O) groups excluding carboxylic acids is 4. The van der Waals surface area contributed by atoms with E-state index in [-0.39, 0.29) is 35.6 Å². The van der Waals surface area contributed by atoms with Crippen LogP contribution in [0.15, 0.2) is 78.4 Å².